The Labute approximate surface area is 163 Å². The summed E-state index contributed by atoms with van der Waals surface area (Å²) in [4.78, 5) is 33.4. The number of hydrogen-bond acceptors (Lipinski definition) is 4. The molecule has 2 amide bonds. The molecule has 28 heavy (non-hydrogen) atoms. The second-order valence-corrected chi connectivity index (χ2v) is 5.99. The average Bonchev–Trinajstić information content (AvgIpc) is 2.75. The number of carbonyl (C=O) groups excluding carboxylic acids is 2. The van der Waals surface area contributed by atoms with Crippen LogP contribution in [0.3, 0.4) is 0 Å². The Balaban J connectivity index is 1.71. The van der Waals surface area contributed by atoms with Crippen molar-refractivity contribution in [3.8, 4) is 0 Å². The van der Waals surface area contributed by atoms with E-state index in [4.69, 9.17) is 0 Å². The van der Waals surface area contributed by atoms with Gasteiger partial charge in [-0.25, -0.2) is 0 Å². The minimum atomic E-state index is -0.371. The first-order valence-electron chi connectivity index (χ1n) is 8.88. The molecule has 0 bridgehead atoms. The normalized spacial score (nSPS) is 10.9. The molecule has 0 unspecified atom stereocenters. The highest BCUT2D eigenvalue weighted by molar-refractivity contribution is 6.05. The molecule has 0 atom stereocenters. The second-order valence-electron chi connectivity index (χ2n) is 5.99. The highest BCUT2D eigenvalue weighted by atomic mass is 16.2. The lowest BCUT2D eigenvalue weighted by Gasteiger charge is -2.11. The van der Waals surface area contributed by atoms with Gasteiger partial charge in [0.1, 0.15) is 5.70 Å². The topological polar surface area (TPSA) is 84.0 Å². The van der Waals surface area contributed by atoms with Gasteiger partial charge in [-0.2, -0.15) is 0 Å². The van der Waals surface area contributed by atoms with Crippen molar-refractivity contribution >= 4 is 17.9 Å². The molecule has 3 aromatic rings. The Morgan fingerprint density at radius 3 is 2.46 bits per heavy atom. The number of rotatable bonds is 7. The standard InChI is InChI=1S/C22H20N4O2/c27-21(18-8-2-1-3-9-18)26-20(15-17-7-6-12-23-16-17)22(28)25-14-11-19-10-4-5-13-24-19/h1-10,12-13,15-16H,11,14H2,(H,25,28)(H,26,27)/b20-15-. The zero-order valence-corrected chi connectivity index (χ0v) is 15.2. The lowest BCUT2D eigenvalue weighted by atomic mass is 10.2. The van der Waals surface area contributed by atoms with Crippen molar-refractivity contribution < 1.29 is 9.59 Å². The minimum Gasteiger partial charge on any atom is -0.350 e. The molecule has 0 aliphatic carbocycles. The van der Waals surface area contributed by atoms with Crippen LogP contribution in [0.5, 0.6) is 0 Å². The van der Waals surface area contributed by atoms with Gasteiger partial charge in [-0.05, 0) is 42.0 Å². The first kappa shape index (κ1) is 19.0. The van der Waals surface area contributed by atoms with Crippen LogP contribution in [0.4, 0.5) is 0 Å². The molecule has 0 fully saturated rings. The van der Waals surface area contributed by atoms with Gasteiger partial charge in [-0.15, -0.1) is 0 Å². The number of pyridine rings is 2. The van der Waals surface area contributed by atoms with Crippen molar-refractivity contribution in [2.75, 3.05) is 6.54 Å². The summed E-state index contributed by atoms with van der Waals surface area (Å²) in [6.07, 6.45) is 7.18. The fraction of sp³-hybridized carbons (Fsp3) is 0.0909. The van der Waals surface area contributed by atoms with Gasteiger partial charge in [0.25, 0.3) is 11.8 Å². The van der Waals surface area contributed by atoms with Gasteiger partial charge in [-0.3, -0.25) is 19.6 Å². The van der Waals surface area contributed by atoms with Gasteiger partial charge in [-0.1, -0.05) is 30.3 Å². The summed E-state index contributed by atoms with van der Waals surface area (Å²) in [7, 11) is 0. The maximum atomic E-state index is 12.7. The third-order valence-corrected chi connectivity index (χ3v) is 3.92. The summed E-state index contributed by atoms with van der Waals surface area (Å²) in [5, 5.41) is 5.52. The van der Waals surface area contributed by atoms with Gasteiger partial charge in [0.2, 0.25) is 0 Å². The summed E-state index contributed by atoms with van der Waals surface area (Å²) in [5.41, 5.74) is 2.23. The number of amides is 2. The molecule has 2 heterocycles. The molecule has 2 N–H and O–H groups in total. The monoisotopic (exact) mass is 372 g/mol. The van der Waals surface area contributed by atoms with Crippen molar-refractivity contribution in [1.29, 1.82) is 0 Å². The highest BCUT2D eigenvalue weighted by Gasteiger charge is 2.14. The van der Waals surface area contributed by atoms with E-state index in [9.17, 15) is 9.59 Å². The summed E-state index contributed by atoms with van der Waals surface area (Å²) in [6.45, 7) is 0.404. The van der Waals surface area contributed by atoms with Crippen LogP contribution in [0.25, 0.3) is 6.08 Å². The molecule has 0 aliphatic rings. The van der Waals surface area contributed by atoms with Crippen molar-refractivity contribution in [1.82, 2.24) is 20.6 Å². The summed E-state index contributed by atoms with van der Waals surface area (Å²) < 4.78 is 0. The lowest BCUT2D eigenvalue weighted by Crippen LogP contribution is -2.35. The predicted octanol–water partition coefficient (Wildman–Crippen LogP) is 2.61. The molecular formula is C22H20N4O2. The number of nitrogens with one attached hydrogen (secondary N) is 2. The van der Waals surface area contributed by atoms with Gasteiger partial charge in [0.15, 0.2) is 0 Å². The molecule has 140 valence electrons. The number of benzene rings is 1. The molecule has 6 nitrogen and oxygen atoms in total. The fourth-order valence-electron chi connectivity index (χ4n) is 2.52. The maximum Gasteiger partial charge on any atom is 0.267 e. The zero-order chi connectivity index (χ0) is 19.6. The van der Waals surface area contributed by atoms with E-state index in [0.717, 1.165) is 5.69 Å². The largest absolute Gasteiger partial charge is 0.350 e. The number of hydrogen-bond donors (Lipinski definition) is 2. The summed E-state index contributed by atoms with van der Waals surface area (Å²) in [5.74, 6) is -0.723. The number of nitrogens with zero attached hydrogens (tertiary/aromatic N) is 2. The summed E-state index contributed by atoms with van der Waals surface area (Å²) in [6, 6.07) is 18.0. The Bertz CT molecular complexity index is 942. The molecule has 2 aromatic heterocycles. The third-order valence-electron chi connectivity index (χ3n) is 3.92. The molecule has 0 spiro atoms. The zero-order valence-electron chi connectivity index (χ0n) is 15.2. The van der Waals surface area contributed by atoms with Crippen LogP contribution in [0.15, 0.2) is 85.0 Å². The molecule has 1 aromatic carbocycles. The molecule has 6 heteroatoms. The first-order chi connectivity index (χ1) is 13.7. The van der Waals surface area contributed by atoms with Crippen LogP contribution in [-0.2, 0) is 11.2 Å². The first-order valence-corrected chi connectivity index (χ1v) is 8.88. The third kappa shape index (κ3) is 5.60. The Hall–Kier alpha value is -3.80. The van der Waals surface area contributed by atoms with E-state index in [2.05, 4.69) is 20.6 Å². The van der Waals surface area contributed by atoms with E-state index >= 15 is 0 Å². The number of carbonyl (C=O) groups is 2. The average molecular weight is 372 g/mol. The van der Waals surface area contributed by atoms with E-state index in [0.29, 0.717) is 24.1 Å². The van der Waals surface area contributed by atoms with E-state index in [1.807, 2.05) is 30.3 Å². The Morgan fingerprint density at radius 2 is 1.75 bits per heavy atom. The fourth-order valence-corrected chi connectivity index (χ4v) is 2.52. The van der Waals surface area contributed by atoms with E-state index in [-0.39, 0.29) is 17.5 Å². The van der Waals surface area contributed by atoms with Crippen LogP contribution < -0.4 is 10.6 Å². The number of aromatic nitrogens is 2. The Morgan fingerprint density at radius 1 is 0.929 bits per heavy atom. The second kappa shape index (κ2) is 9.78. The van der Waals surface area contributed by atoms with Crippen LogP contribution in [0, 0.1) is 0 Å². The highest BCUT2D eigenvalue weighted by Crippen LogP contribution is 2.06. The summed E-state index contributed by atoms with van der Waals surface area (Å²) >= 11 is 0. The molecule has 0 saturated carbocycles. The SMILES string of the molecule is O=C(NCCc1ccccn1)/C(=C/c1cccnc1)NC(=O)c1ccccc1. The maximum absolute atomic E-state index is 12.7. The smallest absolute Gasteiger partial charge is 0.267 e. The molecule has 3 rings (SSSR count). The van der Waals surface area contributed by atoms with Crippen molar-refractivity contribution in [2.45, 2.75) is 6.42 Å². The van der Waals surface area contributed by atoms with Crippen molar-refractivity contribution in [3.05, 3.63) is 102 Å². The van der Waals surface area contributed by atoms with E-state index in [1.165, 1.54) is 0 Å². The predicted molar refractivity (Wildman–Crippen MR) is 107 cm³/mol. The van der Waals surface area contributed by atoms with E-state index < -0.39 is 0 Å². The molecular weight excluding hydrogens is 352 g/mol. The van der Waals surface area contributed by atoms with Gasteiger partial charge in [0, 0.05) is 42.8 Å². The molecule has 0 radical (unpaired) electrons. The van der Waals surface area contributed by atoms with E-state index in [1.54, 1.807) is 55.0 Å². The van der Waals surface area contributed by atoms with Crippen LogP contribution in [0.1, 0.15) is 21.6 Å². The lowest BCUT2D eigenvalue weighted by molar-refractivity contribution is -0.117. The van der Waals surface area contributed by atoms with Gasteiger partial charge in [0.05, 0.1) is 0 Å². The van der Waals surface area contributed by atoms with Gasteiger partial charge < -0.3 is 10.6 Å². The quantitative estimate of drug-likeness (QED) is 0.625. The Kier molecular flexibility index (Phi) is 6.62. The minimum absolute atomic E-state index is 0.155. The molecule has 0 saturated heterocycles. The van der Waals surface area contributed by atoms with Crippen LogP contribution >= 0.6 is 0 Å². The van der Waals surface area contributed by atoms with Crippen LogP contribution in [0.2, 0.25) is 0 Å². The molecule has 0 aliphatic heterocycles. The van der Waals surface area contributed by atoms with Crippen molar-refractivity contribution in [2.24, 2.45) is 0 Å². The van der Waals surface area contributed by atoms with Crippen molar-refractivity contribution in [3.63, 3.8) is 0 Å². The van der Waals surface area contributed by atoms with Crippen LogP contribution in [-0.4, -0.2) is 28.3 Å². The van der Waals surface area contributed by atoms with Gasteiger partial charge >= 0.3 is 0 Å².